The lowest BCUT2D eigenvalue weighted by Gasteiger charge is -2.25. The largest absolute Gasteiger partial charge is 0.232 e. The fourth-order valence-electron chi connectivity index (χ4n) is 3.12. The van der Waals surface area contributed by atoms with Crippen LogP contribution in [0.4, 0.5) is 0 Å². The van der Waals surface area contributed by atoms with Crippen molar-refractivity contribution >= 4 is 11.6 Å². The van der Waals surface area contributed by atoms with Gasteiger partial charge in [-0.25, -0.2) is 10.0 Å². The molecule has 0 spiro atoms. The molecule has 3 rings (SSSR count). The SMILES string of the molecule is N#C[C@H]1[C@H](C#N)N2CCCN2[C@H]1c1ccc(Cl)cc1. The third kappa shape index (κ3) is 1.89. The summed E-state index contributed by atoms with van der Waals surface area (Å²) in [5.41, 5.74) is 1.06. The monoisotopic (exact) mass is 272 g/mol. The van der Waals surface area contributed by atoms with Crippen LogP contribution in [-0.2, 0) is 0 Å². The molecule has 2 aliphatic heterocycles. The van der Waals surface area contributed by atoms with Crippen molar-refractivity contribution in [2.75, 3.05) is 13.1 Å². The van der Waals surface area contributed by atoms with Gasteiger partial charge >= 0.3 is 0 Å². The quantitative estimate of drug-likeness (QED) is 0.787. The predicted molar refractivity (Wildman–Crippen MR) is 70.7 cm³/mol. The van der Waals surface area contributed by atoms with E-state index in [9.17, 15) is 10.5 Å². The zero-order valence-corrected chi connectivity index (χ0v) is 11.1. The fraction of sp³-hybridized carbons (Fsp3) is 0.429. The molecule has 0 bridgehead atoms. The Labute approximate surface area is 117 Å². The predicted octanol–water partition coefficient (Wildman–Crippen LogP) is 2.35. The lowest BCUT2D eigenvalue weighted by Crippen LogP contribution is -2.35. The van der Waals surface area contributed by atoms with Gasteiger partial charge in [-0.05, 0) is 24.1 Å². The van der Waals surface area contributed by atoms with Gasteiger partial charge in [0.15, 0.2) is 0 Å². The molecule has 0 saturated carbocycles. The van der Waals surface area contributed by atoms with E-state index in [-0.39, 0.29) is 18.0 Å². The number of fused-ring (bicyclic) bond motifs is 1. The minimum atomic E-state index is -0.340. The van der Waals surface area contributed by atoms with Crippen molar-refractivity contribution in [3.05, 3.63) is 34.9 Å². The van der Waals surface area contributed by atoms with E-state index in [1.165, 1.54) is 0 Å². The van der Waals surface area contributed by atoms with Crippen LogP contribution in [-0.4, -0.2) is 29.1 Å². The zero-order chi connectivity index (χ0) is 13.4. The average Bonchev–Trinajstić information content (AvgIpc) is 2.98. The molecule has 0 aromatic heterocycles. The summed E-state index contributed by atoms with van der Waals surface area (Å²) in [6.07, 6.45) is 1.04. The Hall–Kier alpha value is -1.59. The Kier molecular flexibility index (Phi) is 3.16. The molecule has 2 fully saturated rings. The van der Waals surface area contributed by atoms with Crippen molar-refractivity contribution in [3.63, 3.8) is 0 Å². The number of rotatable bonds is 1. The third-order valence-electron chi connectivity index (χ3n) is 3.92. The number of hydrogen-bond acceptors (Lipinski definition) is 4. The molecule has 0 unspecified atom stereocenters. The Morgan fingerprint density at radius 1 is 1.05 bits per heavy atom. The highest BCUT2D eigenvalue weighted by molar-refractivity contribution is 6.30. The number of benzene rings is 1. The molecule has 0 N–H and O–H groups in total. The van der Waals surface area contributed by atoms with Gasteiger partial charge in [0, 0.05) is 18.1 Å². The number of nitriles is 2. The molecule has 1 aromatic carbocycles. The van der Waals surface area contributed by atoms with Gasteiger partial charge in [-0.15, -0.1) is 0 Å². The molecule has 4 nitrogen and oxygen atoms in total. The first-order valence-corrected chi connectivity index (χ1v) is 6.72. The second-order valence-electron chi connectivity index (χ2n) is 4.90. The van der Waals surface area contributed by atoms with Gasteiger partial charge in [-0.1, -0.05) is 23.7 Å². The molecule has 1 aromatic rings. The second kappa shape index (κ2) is 4.83. The van der Waals surface area contributed by atoms with E-state index >= 15 is 0 Å². The summed E-state index contributed by atoms with van der Waals surface area (Å²) in [7, 11) is 0. The van der Waals surface area contributed by atoms with E-state index in [0.29, 0.717) is 5.02 Å². The number of hydrazine groups is 1. The third-order valence-corrected chi connectivity index (χ3v) is 4.17. The summed E-state index contributed by atoms with van der Waals surface area (Å²) in [6, 6.07) is 11.8. The van der Waals surface area contributed by atoms with Crippen LogP contribution in [0.3, 0.4) is 0 Å². The highest BCUT2D eigenvalue weighted by Gasteiger charge is 2.50. The van der Waals surface area contributed by atoms with Crippen molar-refractivity contribution in [3.8, 4) is 12.1 Å². The number of nitrogens with zero attached hydrogens (tertiary/aromatic N) is 4. The highest BCUT2D eigenvalue weighted by Crippen LogP contribution is 2.43. The summed E-state index contributed by atoms with van der Waals surface area (Å²) in [4.78, 5) is 0. The molecule has 2 heterocycles. The molecular weight excluding hydrogens is 260 g/mol. The van der Waals surface area contributed by atoms with E-state index in [1.807, 2.05) is 29.3 Å². The number of halogens is 1. The topological polar surface area (TPSA) is 54.1 Å². The molecule has 2 saturated heterocycles. The van der Waals surface area contributed by atoms with Crippen LogP contribution in [0.1, 0.15) is 18.0 Å². The zero-order valence-electron chi connectivity index (χ0n) is 10.3. The maximum atomic E-state index is 9.43. The normalized spacial score (nSPS) is 30.8. The molecule has 96 valence electrons. The smallest absolute Gasteiger partial charge is 0.129 e. The molecule has 0 aliphatic carbocycles. The average molecular weight is 273 g/mol. The van der Waals surface area contributed by atoms with Gasteiger partial charge < -0.3 is 0 Å². The van der Waals surface area contributed by atoms with Crippen LogP contribution in [0.15, 0.2) is 24.3 Å². The van der Waals surface area contributed by atoms with Crippen molar-refractivity contribution in [1.29, 1.82) is 10.5 Å². The highest BCUT2D eigenvalue weighted by atomic mass is 35.5. The maximum Gasteiger partial charge on any atom is 0.129 e. The summed E-state index contributed by atoms with van der Waals surface area (Å²) in [6.45, 7) is 1.77. The molecule has 3 atom stereocenters. The van der Waals surface area contributed by atoms with Crippen LogP contribution in [0, 0.1) is 28.6 Å². The molecule has 0 radical (unpaired) electrons. The summed E-state index contributed by atoms with van der Waals surface area (Å²) in [5, 5.41) is 23.7. The summed E-state index contributed by atoms with van der Waals surface area (Å²) >= 11 is 5.91. The van der Waals surface area contributed by atoms with Gasteiger partial charge in [0.2, 0.25) is 0 Å². The first-order valence-electron chi connectivity index (χ1n) is 6.34. The van der Waals surface area contributed by atoms with Crippen molar-refractivity contribution in [2.24, 2.45) is 5.92 Å². The van der Waals surface area contributed by atoms with Crippen molar-refractivity contribution in [1.82, 2.24) is 10.0 Å². The van der Waals surface area contributed by atoms with Crippen LogP contribution in [0.2, 0.25) is 5.02 Å². The van der Waals surface area contributed by atoms with E-state index in [4.69, 9.17) is 11.6 Å². The lowest BCUT2D eigenvalue weighted by molar-refractivity contribution is 0.0383. The number of hydrogen-bond donors (Lipinski definition) is 0. The fourth-order valence-corrected chi connectivity index (χ4v) is 3.25. The first kappa shape index (κ1) is 12.4. The maximum absolute atomic E-state index is 9.43. The molecule has 2 aliphatic rings. The van der Waals surface area contributed by atoms with E-state index in [1.54, 1.807) is 0 Å². The van der Waals surface area contributed by atoms with Crippen LogP contribution >= 0.6 is 11.6 Å². The lowest BCUT2D eigenvalue weighted by atomic mass is 9.90. The Morgan fingerprint density at radius 3 is 2.37 bits per heavy atom. The van der Waals surface area contributed by atoms with Crippen molar-refractivity contribution in [2.45, 2.75) is 18.5 Å². The molecule has 5 heteroatoms. The van der Waals surface area contributed by atoms with Crippen LogP contribution in [0.5, 0.6) is 0 Å². The summed E-state index contributed by atoms with van der Waals surface area (Å²) < 4.78 is 0. The van der Waals surface area contributed by atoms with Crippen LogP contribution < -0.4 is 0 Å². The Bertz CT molecular complexity index is 556. The standard InChI is InChI=1S/C14H13ClN4/c15-11-4-2-10(3-5-11)14-12(8-16)13(9-17)18-6-1-7-19(14)18/h2-5,12-14H,1,6-7H2/t12-,13-,14-/m0/s1. The van der Waals surface area contributed by atoms with Crippen LogP contribution in [0.25, 0.3) is 0 Å². The Balaban J connectivity index is 2.01. The summed E-state index contributed by atoms with van der Waals surface area (Å²) in [5.74, 6) is -0.313. The van der Waals surface area contributed by atoms with Crippen molar-refractivity contribution < 1.29 is 0 Å². The second-order valence-corrected chi connectivity index (χ2v) is 5.34. The van der Waals surface area contributed by atoms with Gasteiger partial charge in [0.25, 0.3) is 0 Å². The molecular formula is C14H13ClN4. The minimum absolute atomic E-state index is 0.0329. The molecule has 0 amide bonds. The van der Waals surface area contributed by atoms with E-state index in [2.05, 4.69) is 17.1 Å². The van der Waals surface area contributed by atoms with Gasteiger partial charge in [-0.3, -0.25) is 0 Å². The van der Waals surface area contributed by atoms with E-state index < -0.39 is 0 Å². The molecule has 19 heavy (non-hydrogen) atoms. The van der Waals surface area contributed by atoms with Gasteiger partial charge in [-0.2, -0.15) is 10.5 Å². The van der Waals surface area contributed by atoms with Gasteiger partial charge in [0.05, 0.1) is 24.1 Å². The minimum Gasteiger partial charge on any atom is -0.232 e. The van der Waals surface area contributed by atoms with E-state index in [0.717, 1.165) is 25.1 Å². The Morgan fingerprint density at radius 2 is 1.74 bits per heavy atom. The first-order chi connectivity index (χ1) is 9.26. The van der Waals surface area contributed by atoms with Gasteiger partial charge in [0.1, 0.15) is 6.04 Å².